The van der Waals surface area contributed by atoms with Gasteiger partial charge in [-0.3, -0.25) is 4.79 Å². The fourth-order valence-corrected chi connectivity index (χ4v) is 3.53. The summed E-state index contributed by atoms with van der Waals surface area (Å²) in [6.45, 7) is 2.84. The molecule has 0 saturated carbocycles. The number of carbonyl (C=O) groups excluding carboxylic acids is 1. The number of nitrogens with one attached hydrogen (secondary N) is 1. The molecule has 1 aliphatic rings. The normalized spacial score (nSPS) is 16.2. The number of amides is 1. The molecule has 32 heavy (non-hydrogen) atoms. The van der Waals surface area contributed by atoms with E-state index < -0.39 is 17.6 Å². The first-order valence-corrected chi connectivity index (χ1v) is 10.2. The maximum absolute atomic E-state index is 13.5. The van der Waals surface area contributed by atoms with Gasteiger partial charge in [0, 0.05) is 18.2 Å². The highest BCUT2D eigenvalue weighted by Crippen LogP contribution is 2.34. The lowest BCUT2D eigenvalue weighted by Gasteiger charge is -2.15. The van der Waals surface area contributed by atoms with Gasteiger partial charge in [0.05, 0.1) is 23.0 Å². The quantitative estimate of drug-likeness (QED) is 0.579. The minimum atomic E-state index is -4.56. The highest BCUT2D eigenvalue weighted by molar-refractivity contribution is 6.04. The van der Waals surface area contributed by atoms with Crippen LogP contribution in [-0.4, -0.2) is 35.0 Å². The third kappa shape index (κ3) is 4.94. The molecule has 1 N–H and O–H groups in total. The highest BCUT2D eigenvalue weighted by Gasteiger charge is 2.34. The Morgan fingerprint density at radius 2 is 1.97 bits per heavy atom. The van der Waals surface area contributed by atoms with Crippen LogP contribution in [0.5, 0.6) is 5.75 Å². The molecule has 3 aromatic rings. The second kappa shape index (κ2) is 9.04. The molecular formula is C23H22F3N3O3. The maximum Gasteiger partial charge on any atom is 0.418 e. The summed E-state index contributed by atoms with van der Waals surface area (Å²) in [4.78, 5) is 12.7. The van der Waals surface area contributed by atoms with E-state index >= 15 is 0 Å². The lowest BCUT2D eigenvalue weighted by molar-refractivity contribution is -0.137. The number of halogens is 3. The van der Waals surface area contributed by atoms with Gasteiger partial charge < -0.3 is 14.8 Å². The summed E-state index contributed by atoms with van der Waals surface area (Å²) in [7, 11) is 0. The first-order valence-electron chi connectivity index (χ1n) is 10.2. The molecule has 2 aromatic carbocycles. The predicted octanol–water partition coefficient (Wildman–Crippen LogP) is 5.01. The van der Waals surface area contributed by atoms with Crippen LogP contribution in [-0.2, 0) is 10.9 Å². The molecule has 6 nitrogen and oxygen atoms in total. The molecule has 1 saturated heterocycles. The number of hydrogen-bond acceptors (Lipinski definition) is 4. The second-order valence-corrected chi connectivity index (χ2v) is 7.52. The average molecular weight is 445 g/mol. The van der Waals surface area contributed by atoms with Crippen molar-refractivity contribution in [1.82, 2.24) is 9.78 Å². The summed E-state index contributed by atoms with van der Waals surface area (Å²) in [5.74, 6) is 0.279. The van der Waals surface area contributed by atoms with Gasteiger partial charge in [0.25, 0.3) is 5.91 Å². The number of anilines is 1. The van der Waals surface area contributed by atoms with Crippen molar-refractivity contribution in [2.75, 3.05) is 18.5 Å². The third-order valence-corrected chi connectivity index (χ3v) is 5.09. The van der Waals surface area contributed by atoms with Crippen molar-refractivity contribution >= 4 is 11.7 Å². The molecule has 1 unspecified atom stereocenters. The van der Waals surface area contributed by atoms with Crippen molar-refractivity contribution in [2.45, 2.75) is 32.0 Å². The summed E-state index contributed by atoms with van der Waals surface area (Å²) in [6.07, 6.45) is -2.49. The lowest BCUT2D eigenvalue weighted by atomic mass is 10.1. The van der Waals surface area contributed by atoms with E-state index in [1.165, 1.54) is 24.3 Å². The lowest BCUT2D eigenvalue weighted by Crippen LogP contribution is -2.18. The minimum absolute atomic E-state index is 0.0843. The minimum Gasteiger partial charge on any atom is -0.491 e. The van der Waals surface area contributed by atoms with Crippen LogP contribution in [0.1, 0.15) is 34.5 Å². The van der Waals surface area contributed by atoms with E-state index in [2.05, 4.69) is 10.4 Å². The SMILES string of the molecule is Cc1cc(NC(=O)c2ccc(OCC3CCCO3)cc2)n(-c2ccccc2C(F)(F)F)n1. The van der Waals surface area contributed by atoms with Crippen molar-refractivity contribution in [2.24, 2.45) is 0 Å². The number of aryl methyl sites for hydroxylation is 1. The van der Waals surface area contributed by atoms with Gasteiger partial charge in [-0.05, 0) is 56.2 Å². The van der Waals surface area contributed by atoms with Crippen LogP contribution in [0.4, 0.5) is 19.0 Å². The molecule has 0 bridgehead atoms. The number of carbonyl (C=O) groups is 1. The van der Waals surface area contributed by atoms with Gasteiger partial charge in [0.2, 0.25) is 0 Å². The molecule has 1 amide bonds. The monoisotopic (exact) mass is 445 g/mol. The molecule has 1 atom stereocenters. The molecular weight excluding hydrogens is 423 g/mol. The zero-order valence-corrected chi connectivity index (χ0v) is 17.4. The Morgan fingerprint density at radius 3 is 2.66 bits per heavy atom. The number of benzene rings is 2. The third-order valence-electron chi connectivity index (χ3n) is 5.09. The van der Waals surface area contributed by atoms with E-state index in [0.29, 0.717) is 23.6 Å². The van der Waals surface area contributed by atoms with E-state index in [1.807, 2.05) is 0 Å². The molecule has 0 spiro atoms. The van der Waals surface area contributed by atoms with Gasteiger partial charge in [0.15, 0.2) is 0 Å². The van der Waals surface area contributed by atoms with E-state index in [4.69, 9.17) is 9.47 Å². The molecule has 0 aliphatic carbocycles. The van der Waals surface area contributed by atoms with Crippen LogP contribution in [0, 0.1) is 6.92 Å². The first kappa shape index (κ1) is 21.9. The molecule has 1 fully saturated rings. The van der Waals surface area contributed by atoms with Crippen molar-refractivity contribution in [3.63, 3.8) is 0 Å². The summed E-state index contributed by atoms with van der Waals surface area (Å²) < 4.78 is 52.7. The Balaban J connectivity index is 1.50. The number of rotatable bonds is 6. The summed E-state index contributed by atoms with van der Waals surface area (Å²) in [6, 6.07) is 13.1. The van der Waals surface area contributed by atoms with E-state index in [-0.39, 0.29) is 17.6 Å². The van der Waals surface area contributed by atoms with E-state index in [0.717, 1.165) is 30.2 Å². The fourth-order valence-electron chi connectivity index (χ4n) is 3.53. The number of ether oxygens (including phenoxy) is 2. The molecule has 2 heterocycles. The van der Waals surface area contributed by atoms with Crippen LogP contribution >= 0.6 is 0 Å². The first-order chi connectivity index (χ1) is 15.3. The van der Waals surface area contributed by atoms with E-state index in [9.17, 15) is 18.0 Å². The van der Waals surface area contributed by atoms with Crippen LogP contribution in [0.25, 0.3) is 5.69 Å². The molecule has 1 aliphatic heterocycles. The summed E-state index contributed by atoms with van der Waals surface area (Å²) >= 11 is 0. The number of hydrogen-bond donors (Lipinski definition) is 1. The van der Waals surface area contributed by atoms with Crippen molar-refractivity contribution < 1.29 is 27.4 Å². The number of aromatic nitrogens is 2. The van der Waals surface area contributed by atoms with Gasteiger partial charge in [-0.25, -0.2) is 4.68 Å². The average Bonchev–Trinajstić information content (AvgIpc) is 3.41. The number of nitrogens with zero attached hydrogens (tertiary/aromatic N) is 2. The van der Waals surface area contributed by atoms with Gasteiger partial charge in [-0.15, -0.1) is 0 Å². The van der Waals surface area contributed by atoms with Gasteiger partial charge in [-0.1, -0.05) is 12.1 Å². The molecule has 168 valence electrons. The van der Waals surface area contributed by atoms with Crippen LogP contribution in [0.3, 0.4) is 0 Å². The van der Waals surface area contributed by atoms with Gasteiger partial charge in [0.1, 0.15) is 18.2 Å². The van der Waals surface area contributed by atoms with Crippen LogP contribution in [0.15, 0.2) is 54.6 Å². The predicted molar refractivity (Wildman–Crippen MR) is 112 cm³/mol. The standard InChI is InChI=1S/C23H22F3N3O3/c1-15-13-21(29(28-15)20-7-3-2-6-19(20)23(24,25)26)27-22(30)16-8-10-17(11-9-16)32-14-18-5-4-12-31-18/h2-3,6-11,13,18H,4-5,12,14H2,1H3,(H,27,30). The van der Waals surface area contributed by atoms with Crippen molar-refractivity contribution in [1.29, 1.82) is 0 Å². The number of para-hydroxylation sites is 1. The maximum atomic E-state index is 13.5. The number of alkyl halides is 3. The van der Waals surface area contributed by atoms with Crippen LogP contribution < -0.4 is 10.1 Å². The van der Waals surface area contributed by atoms with Crippen molar-refractivity contribution in [3.05, 3.63) is 71.4 Å². The van der Waals surface area contributed by atoms with Gasteiger partial charge >= 0.3 is 6.18 Å². The highest BCUT2D eigenvalue weighted by atomic mass is 19.4. The largest absolute Gasteiger partial charge is 0.491 e. The topological polar surface area (TPSA) is 65.4 Å². The Labute approximate surface area is 183 Å². The molecule has 1 aromatic heterocycles. The smallest absolute Gasteiger partial charge is 0.418 e. The van der Waals surface area contributed by atoms with Gasteiger partial charge in [-0.2, -0.15) is 18.3 Å². The molecule has 9 heteroatoms. The summed E-state index contributed by atoms with van der Waals surface area (Å²) in [5.41, 5.74) is -0.202. The zero-order chi connectivity index (χ0) is 22.7. The Kier molecular flexibility index (Phi) is 6.18. The summed E-state index contributed by atoms with van der Waals surface area (Å²) in [5, 5.41) is 6.80. The zero-order valence-electron chi connectivity index (χ0n) is 17.4. The molecule has 4 rings (SSSR count). The fraction of sp³-hybridized carbons (Fsp3) is 0.304. The Morgan fingerprint density at radius 1 is 1.22 bits per heavy atom. The Bertz CT molecular complexity index is 1090. The van der Waals surface area contributed by atoms with Crippen LogP contribution in [0.2, 0.25) is 0 Å². The Hall–Kier alpha value is -3.33. The second-order valence-electron chi connectivity index (χ2n) is 7.52. The molecule has 0 radical (unpaired) electrons. The van der Waals surface area contributed by atoms with E-state index in [1.54, 1.807) is 31.2 Å². The van der Waals surface area contributed by atoms with Crippen molar-refractivity contribution in [3.8, 4) is 11.4 Å².